The number of fused-ring (bicyclic) bond motifs is 1. The Labute approximate surface area is 172 Å². The first-order valence-corrected chi connectivity index (χ1v) is 9.87. The smallest absolute Gasteiger partial charge is 0.260 e. The average Bonchev–Trinajstić information content (AvgIpc) is 3.30. The van der Waals surface area contributed by atoms with Gasteiger partial charge in [0, 0.05) is 17.9 Å². The van der Waals surface area contributed by atoms with Crippen molar-refractivity contribution in [2.75, 3.05) is 10.2 Å². The summed E-state index contributed by atoms with van der Waals surface area (Å²) >= 11 is 6.07. The Morgan fingerprint density at radius 2 is 1.62 bits per heavy atom. The van der Waals surface area contributed by atoms with E-state index < -0.39 is 0 Å². The topological polar surface area (TPSA) is 80.1 Å². The van der Waals surface area contributed by atoms with Crippen molar-refractivity contribution in [3.8, 4) is 0 Å². The molecule has 0 saturated carbocycles. The van der Waals surface area contributed by atoms with Crippen LogP contribution in [0.15, 0.2) is 54.6 Å². The van der Waals surface area contributed by atoms with Crippen molar-refractivity contribution in [3.63, 3.8) is 0 Å². The molecule has 5 rings (SSSR count). The summed E-state index contributed by atoms with van der Waals surface area (Å²) in [5, 5.41) is 8.61. The number of rotatable bonds is 3. The van der Waals surface area contributed by atoms with E-state index in [1.807, 2.05) is 42.5 Å². The van der Waals surface area contributed by atoms with Crippen LogP contribution in [-0.4, -0.2) is 26.6 Å². The second kappa shape index (κ2) is 7.00. The Morgan fingerprint density at radius 1 is 0.931 bits per heavy atom. The van der Waals surface area contributed by atoms with E-state index in [4.69, 9.17) is 11.6 Å². The van der Waals surface area contributed by atoms with Gasteiger partial charge in [-0.05, 0) is 29.7 Å². The average molecular weight is 408 g/mol. The third kappa shape index (κ3) is 3.17. The molecule has 1 N–H and O–H groups in total. The van der Waals surface area contributed by atoms with Gasteiger partial charge in [-0.25, -0.2) is 9.58 Å². The molecule has 29 heavy (non-hydrogen) atoms. The summed E-state index contributed by atoms with van der Waals surface area (Å²) in [6.07, 6.45) is 1.14. The van der Waals surface area contributed by atoms with Crippen LogP contribution < -0.4 is 10.2 Å². The van der Waals surface area contributed by atoms with Crippen molar-refractivity contribution in [2.24, 2.45) is 0 Å². The molecule has 1 aromatic heterocycles. The fourth-order valence-electron chi connectivity index (χ4n) is 3.93. The highest BCUT2D eigenvalue weighted by Gasteiger charge is 2.37. The molecule has 7 nitrogen and oxygen atoms in total. The maximum absolute atomic E-state index is 12.2. The Bertz CT molecular complexity index is 1060. The molecule has 1 saturated heterocycles. The zero-order chi connectivity index (χ0) is 20.0. The lowest BCUT2D eigenvalue weighted by Crippen LogP contribution is -2.30. The van der Waals surface area contributed by atoms with Crippen molar-refractivity contribution in [3.05, 3.63) is 70.7 Å². The second-order valence-electron chi connectivity index (χ2n) is 7.21. The van der Waals surface area contributed by atoms with E-state index in [2.05, 4.69) is 27.5 Å². The first kappa shape index (κ1) is 17.9. The monoisotopic (exact) mass is 407 g/mol. The highest BCUT2D eigenvalue weighted by Crippen LogP contribution is 2.39. The van der Waals surface area contributed by atoms with Gasteiger partial charge in [0.15, 0.2) is 0 Å². The second-order valence-corrected chi connectivity index (χ2v) is 7.65. The number of hydrogen-bond acceptors (Lipinski definition) is 5. The molecular weight excluding hydrogens is 390 g/mol. The van der Waals surface area contributed by atoms with E-state index in [1.165, 1.54) is 0 Å². The third-order valence-electron chi connectivity index (χ3n) is 5.39. The van der Waals surface area contributed by atoms with Crippen LogP contribution in [0.1, 0.15) is 42.5 Å². The van der Waals surface area contributed by atoms with Gasteiger partial charge in [0.25, 0.3) is 5.95 Å². The molecule has 0 unspecified atom stereocenters. The molecule has 0 spiro atoms. The maximum atomic E-state index is 12.2. The number of hydrogen-bond donors (Lipinski definition) is 1. The number of imide groups is 1. The number of amides is 2. The van der Waals surface area contributed by atoms with Crippen molar-refractivity contribution in [1.82, 2.24) is 14.8 Å². The summed E-state index contributed by atoms with van der Waals surface area (Å²) in [7, 11) is 0. The Hall–Kier alpha value is -3.19. The van der Waals surface area contributed by atoms with Crippen molar-refractivity contribution >= 4 is 35.3 Å². The van der Waals surface area contributed by atoms with E-state index in [0.717, 1.165) is 22.4 Å². The lowest BCUT2D eigenvalue weighted by molar-refractivity contribution is -0.121. The van der Waals surface area contributed by atoms with Crippen LogP contribution in [0.2, 0.25) is 5.02 Å². The minimum Gasteiger partial charge on any atom is -0.347 e. The predicted molar refractivity (Wildman–Crippen MR) is 109 cm³/mol. The summed E-state index contributed by atoms with van der Waals surface area (Å²) < 4.78 is 1.76. The molecule has 0 aliphatic carbocycles. The van der Waals surface area contributed by atoms with Crippen molar-refractivity contribution < 1.29 is 9.59 Å². The van der Waals surface area contributed by atoms with Gasteiger partial charge in [-0.15, -0.1) is 5.10 Å². The van der Waals surface area contributed by atoms with E-state index in [0.29, 0.717) is 11.0 Å². The Kier molecular flexibility index (Phi) is 4.32. The summed E-state index contributed by atoms with van der Waals surface area (Å²) in [4.78, 5) is 29.9. The largest absolute Gasteiger partial charge is 0.347 e. The number of halogens is 1. The minimum absolute atomic E-state index is 0.0198. The van der Waals surface area contributed by atoms with E-state index in [-0.39, 0.29) is 42.7 Å². The van der Waals surface area contributed by atoms with Crippen LogP contribution in [0.4, 0.5) is 11.9 Å². The maximum Gasteiger partial charge on any atom is 0.260 e. The molecule has 3 heterocycles. The normalized spacial score (nSPS) is 21.2. The highest BCUT2D eigenvalue weighted by molar-refractivity contribution is 6.30. The predicted octanol–water partition coefficient (Wildman–Crippen LogP) is 3.73. The zero-order valence-corrected chi connectivity index (χ0v) is 16.2. The number of nitrogens with zero attached hydrogens (tertiary/aromatic N) is 4. The van der Waals surface area contributed by atoms with E-state index in [1.54, 1.807) is 4.68 Å². The van der Waals surface area contributed by atoms with Gasteiger partial charge >= 0.3 is 0 Å². The molecule has 2 atom stereocenters. The lowest BCUT2D eigenvalue weighted by atomic mass is 9.93. The number of benzene rings is 2. The molecule has 0 bridgehead atoms. The van der Waals surface area contributed by atoms with E-state index >= 15 is 0 Å². The number of carbonyl (C=O) groups excluding carboxylic acids is 2. The van der Waals surface area contributed by atoms with E-state index in [9.17, 15) is 9.59 Å². The SMILES string of the molecule is O=C1CCC(=O)N1c1nc2n(n1)[C@@H](c1ccc(Cl)cc1)C[C@H](c1ccccc1)N2. The van der Waals surface area contributed by atoms with Crippen LogP contribution in [0.25, 0.3) is 0 Å². The molecule has 1 fully saturated rings. The zero-order valence-electron chi connectivity index (χ0n) is 15.5. The van der Waals surface area contributed by atoms with Gasteiger partial charge in [0.05, 0.1) is 12.1 Å². The van der Waals surface area contributed by atoms with Crippen LogP contribution in [0.3, 0.4) is 0 Å². The fraction of sp³-hybridized carbons (Fsp3) is 0.238. The first-order chi connectivity index (χ1) is 14.1. The lowest BCUT2D eigenvalue weighted by Gasteiger charge is -2.31. The van der Waals surface area contributed by atoms with Gasteiger partial charge in [0.1, 0.15) is 0 Å². The van der Waals surface area contributed by atoms with Crippen LogP contribution >= 0.6 is 11.6 Å². The van der Waals surface area contributed by atoms with Crippen LogP contribution in [0.5, 0.6) is 0 Å². The van der Waals surface area contributed by atoms with Crippen LogP contribution in [0, 0.1) is 0 Å². The minimum atomic E-state index is -0.263. The summed E-state index contributed by atoms with van der Waals surface area (Å²) in [5.74, 6) is 0.140. The Balaban J connectivity index is 1.58. The molecule has 2 aliphatic heterocycles. The van der Waals surface area contributed by atoms with Gasteiger partial charge < -0.3 is 5.32 Å². The first-order valence-electron chi connectivity index (χ1n) is 9.49. The highest BCUT2D eigenvalue weighted by atomic mass is 35.5. The van der Waals surface area contributed by atoms with Gasteiger partial charge in [-0.3, -0.25) is 9.59 Å². The van der Waals surface area contributed by atoms with Crippen molar-refractivity contribution in [2.45, 2.75) is 31.3 Å². The Morgan fingerprint density at radius 3 is 2.31 bits per heavy atom. The number of carbonyl (C=O) groups is 2. The molecule has 8 heteroatoms. The molecular formula is C21H18ClN5O2. The van der Waals surface area contributed by atoms with Gasteiger partial charge in [0.2, 0.25) is 17.8 Å². The summed E-state index contributed by atoms with van der Waals surface area (Å²) in [6.45, 7) is 0. The summed E-state index contributed by atoms with van der Waals surface area (Å²) in [5.41, 5.74) is 2.17. The molecule has 146 valence electrons. The third-order valence-corrected chi connectivity index (χ3v) is 5.64. The molecule has 3 aromatic rings. The standard InChI is InChI=1S/C21H18ClN5O2/c22-15-8-6-14(7-9-15)17-12-16(13-4-2-1-3-5-13)23-20-24-21(25-27(17)20)26-18(28)10-11-19(26)29/h1-9,16-17H,10-12H2,(H,23,24,25)/t16-,17-/m1/s1. The number of aromatic nitrogens is 3. The fourth-order valence-corrected chi connectivity index (χ4v) is 4.05. The van der Waals surface area contributed by atoms with Crippen LogP contribution in [-0.2, 0) is 9.59 Å². The molecule has 2 aliphatic rings. The molecule has 2 aromatic carbocycles. The van der Waals surface area contributed by atoms with Gasteiger partial charge in [-0.2, -0.15) is 4.98 Å². The number of anilines is 2. The molecule has 2 amide bonds. The van der Waals surface area contributed by atoms with Gasteiger partial charge in [-0.1, -0.05) is 54.1 Å². The van der Waals surface area contributed by atoms with Crippen molar-refractivity contribution in [1.29, 1.82) is 0 Å². The quantitative estimate of drug-likeness (QED) is 0.669. The summed E-state index contributed by atoms with van der Waals surface area (Å²) in [6, 6.07) is 17.7. The number of nitrogens with one attached hydrogen (secondary N) is 1. The molecule has 0 radical (unpaired) electrons.